The number of hydrogen-bond acceptors (Lipinski definition) is 6. The predicted octanol–water partition coefficient (Wildman–Crippen LogP) is 2.57. The van der Waals surface area contributed by atoms with Crippen molar-refractivity contribution in [2.24, 2.45) is 0 Å². The Morgan fingerprint density at radius 3 is 2.42 bits per heavy atom. The van der Waals surface area contributed by atoms with Gasteiger partial charge >= 0.3 is 12.5 Å². The Balaban J connectivity index is 1.43. The lowest BCUT2D eigenvalue weighted by Crippen LogP contribution is -2.37. The average Bonchev–Trinajstić information content (AvgIpc) is 3.06. The van der Waals surface area contributed by atoms with Gasteiger partial charge in [-0.3, -0.25) is 19.3 Å². The number of anilines is 2. The number of cyclic esters (lactones) is 1. The molecule has 3 amide bonds. The molecule has 13 heteroatoms. The normalized spacial score (nSPS) is 18.3. The first-order valence-corrected chi connectivity index (χ1v) is 11.0. The van der Waals surface area contributed by atoms with Gasteiger partial charge in [-0.15, -0.1) is 0 Å². The molecule has 36 heavy (non-hydrogen) atoms. The van der Waals surface area contributed by atoms with Crippen LogP contribution in [-0.4, -0.2) is 74.8 Å². The summed E-state index contributed by atoms with van der Waals surface area (Å²) in [6, 6.07) is 10.4. The summed E-state index contributed by atoms with van der Waals surface area (Å²) in [6.07, 6.45) is -5.13. The van der Waals surface area contributed by atoms with Gasteiger partial charge in [-0.2, -0.15) is 8.78 Å². The van der Waals surface area contributed by atoms with Gasteiger partial charge in [0.2, 0.25) is 0 Å². The molecular weight excluding hydrogens is 488 g/mol. The van der Waals surface area contributed by atoms with Crippen LogP contribution >= 0.6 is 0 Å². The van der Waals surface area contributed by atoms with E-state index in [-0.39, 0.29) is 56.6 Å². The molecular formula is C23H22F4N4O5. The smallest absolute Gasteiger partial charge is 0.414 e. The van der Waals surface area contributed by atoms with Gasteiger partial charge in [0.25, 0.3) is 11.8 Å². The molecule has 1 N–H and O–H groups in total. The standard InChI is InChI=1S/C23H22F4N4O5/c24-17-10-15(30-13-16(36-23(30)34)12-28-21(32)20(26)27)11-18(25)19(17)29-6-7-31(35-9-8-29)22(33)14-4-2-1-3-5-14/h1-5,10-11,16,20H,6-9,12-13H2,(H,28,32)/t16-/m0/s1. The highest BCUT2D eigenvalue weighted by molar-refractivity contribution is 5.93. The van der Waals surface area contributed by atoms with Gasteiger partial charge in [-0.05, 0) is 12.1 Å². The van der Waals surface area contributed by atoms with Crippen molar-refractivity contribution < 1.29 is 41.5 Å². The van der Waals surface area contributed by atoms with Crippen LogP contribution < -0.4 is 15.1 Å². The topological polar surface area (TPSA) is 91.4 Å². The van der Waals surface area contributed by atoms with Gasteiger partial charge in [0.15, 0.2) is 11.6 Å². The molecule has 0 radical (unpaired) electrons. The third-order valence-corrected chi connectivity index (χ3v) is 5.63. The van der Waals surface area contributed by atoms with Crippen LogP contribution in [0.3, 0.4) is 0 Å². The quantitative estimate of drug-likeness (QED) is 0.601. The second-order valence-corrected chi connectivity index (χ2v) is 8.01. The van der Waals surface area contributed by atoms with Crippen LogP contribution in [0.5, 0.6) is 0 Å². The van der Waals surface area contributed by atoms with Crippen molar-refractivity contribution in [3.8, 4) is 0 Å². The summed E-state index contributed by atoms with van der Waals surface area (Å²) in [5.41, 5.74) is -0.0599. The van der Waals surface area contributed by atoms with Crippen LogP contribution in [0.1, 0.15) is 10.4 Å². The summed E-state index contributed by atoms with van der Waals surface area (Å²) < 4.78 is 59.7. The summed E-state index contributed by atoms with van der Waals surface area (Å²) in [5, 5.41) is 3.08. The Morgan fingerprint density at radius 2 is 1.75 bits per heavy atom. The Bertz CT molecular complexity index is 1110. The van der Waals surface area contributed by atoms with Crippen molar-refractivity contribution in [2.75, 3.05) is 49.1 Å². The van der Waals surface area contributed by atoms with Crippen LogP contribution in [0.15, 0.2) is 42.5 Å². The zero-order valence-corrected chi connectivity index (χ0v) is 18.8. The van der Waals surface area contributed by atoms with Crippen LogP contribution in [0, 0.1) is 11.6 Å². The van der Waals surface area contributed by atoms with Crippen LogP contribution in [-0.2, 0) is 14.4 Å². The lowest BCUT2D eigenvalue weighted by Gasteiger charge is -2.24. The van der Waals surface area contributed by atoms with Gasteiger partial charge in [0, 0.05) is 30.8 Å². The summed E-state index contributed by atoms with van der Waals surface area (Å²) in [5.74, 6) is -3.79. The summed E-state index contributed by atoms with van der Waals surface area (Å²) in [6.45, 7) is -0.329. The van der Waals surface area contributed by atoms with Gasteiger partial charge in [0.05, 0.1) is 31.9 Å². The molecule has 0 bridgehead atoms. The molecule has 0 saturated carbocycles. The summed E-state index contributed by atoms with van der Waals surface area (Å²) in [4.78, 5) is 43.6. The fourth-order valence-electron chi connectivity index (χ4n) is 3.90. The van der Waals surface area contributed by atoms with E-state index in [9.17, 15) is 23.2 Å². The van der Waals surface area contributed by atoms with E-state index >= 15 is 8.78 Å². The van der Waals surface area contributed by atoms with E-state index in [1.807, 2.05) is 5.32 Å². The minimum Gasteiger partial charge on any atom is -0.442 e. The van der Waals surface area contributed by atoms with E-state index in [1.54, 1.807) is 30.3 Å². The maximum atomic E-state index is 15.0. The molecule has 2 aromatic rings. The van der Waals surface area contributed by atoms with Gasteiger partial charge in [0.1, 0.15) is 11.8 Å². The van der Waals surface area contributed by atoms with Crippen molar-refractivity contribution in [3.05, 3.63) is 59.7 Å². The monoisotopic (exact) mass is 510 g/mol. The first-order chi connectivity index (χ1) is 17.2. The maximum absolute atomic E-state index is 15.0. The number of nitrogens with one attached hydrogen (secondary N) is 1. The molecule has 2 heterocycles. The number of hydrogen-bond donors (Lipinski definition) is 1. The van der Waals surface area contributed by atoms with Gasteiger partial charge in [-0.25, -0.2) is 18.6 Å². The van der Waals surface area contributed by atoms with Crippen LogP contribution in [0.25, 0.3) is 0 Å². The molecule has 2 aromatic carbocycles. The Hall–Kier alpha value is -3.87. The number of nitrogens with zero attached hydrogens (tertiary/aromatic N) is 3. The van der Waals surface area contributed by atoms with E-state index in [1.165, 1.54) is 4.90 Å². The Kier molecular flexibility index (Phi) is 7.58. The van der Waals surface area contributed by atoms with E-state index in [0.29, 0.717) is 5.56 Å². The molecule has 2 aliphatic heterocycles. The highest BCUT2D eigenvalue weighted by Gasteiger charge is 2.34. The first-order valence-electron chi connectivity index (χ1n) is 11.0. The first kappa shape index (κ1) is 25.2. The molecule has 2 saturated heterocycles. The van der Waals surface area contributed by atoms with E-state index < -0.39 is 36.2 Å². The molecule has 9 nitrogen and oxygen atoms in total. The molecule has 0 aromatic heterocycles. The minimum absolute atomic E-state index is 0.00364. The van der Waals surface area contributed by atoms with E-state index in [2.05, 4.69) is 0 Å². The van der Waals surface area contributed by atoms with Crippen LogP contribution in [0.2, 0.25) is 0 Å². The van der Waals surface area contributed by atoms with E-state index in [0.717, 1.165) is 22.1 Å². The fraction of sp³-hybridized carbons (Fsp3) is 0.348. The fourth-order valence-corrected chi connectivity index (χ4v) is 3.90. The predicted molar refractivity (Wildman–Crippen MR) is 119 cm³/mol. The third-order valence-electron chi connectivity index (χ3n) is 5.63. The lowest BCUT2D eigenvalue weighted by atomic mass is 10.2. The number of hydroxylamine groups is 2. The average molecular weight is 510 g/mol. The molecule has 0 aliphatic carbocycles. The Morgan fingerprint density at radius 1 is 1.06 bits per heavy atom. The number of carbonyl (C=O) groups is 3. The minimum atomic E-state index is -3.22. The molecule has 0 unspecified atom stereocenters. The van der Waals surface area contributed by atoms with Crippen molar-refractivity contribution in [3.63, 3.8) is 0 Å². The highest BCUT2D eigenvalue weighted by Crippen LogP contribution is 2.31. The zero-order chi connectivity index (χ0) is 25.8. The SMILES string of the molecule is O=C(NC[C@H]1CN(c2cc(F)c(N3CCON(C(=O)c4ccccc4)CC3)c(F)c2)C(=O)O1)C(F)F. The van der Waals surface area contributed by atoms with Crippen molar-refractivity contribution in [1.29, 1.82) is 0 Å². The van der Waals surface area contributed by atoms with Crippen LogP contribution in [0.4, 0.5) is 33.7 Å². The van der Waals surface area contributed by atoms with Crippen molar-refractivity contribution in [1.82, 2.24) is 10.4 Å². The number of benzene rings is 2. The second kappa shape index (κ2) is 10.8. The van der Waals surface area contributed by atoms with Gasteiger partial charge < -0.3 is 15.0 Å². The zero-order valence-electron chi connectivity index (χ0n) is 18.8. The second-order valence-electron chi connectivity index (χ2n) is 8.01. The number of carbonyl (C=O) groups excluding carboxylic acids is 3. The number of ether oxygens (including phenoxy) is 1. The maximum Gasteiger partial charge on any atom is 0.414 e. The Labute approximate surface area is 203 Å². The van der Waals surface area contributed by atoms with Crippen molar-refractivity contribution >= 4 is 29.3 Å². The third kappa shape index (κ3) is 5.51. The molecule has 1 atom stereocenters. The molecule has 2 aliphatic rings. The number of amides is 3. The number of rotatable bonds is 6. The molecule has 0 spiro atoms. The number of alkyl halides is 2. The van der Waals surface area contributed by atoms with Crippen molar-refractivity contribution in [2.45, 2.75) is 12.5 Å². The van der Waals surface area contributed by atoms with Gasteiger partial charge in [-0.1, -0.05) is 18.2 Å². The molecule has 2 fully saturated rings. The molecule has 192 valence electrons. The lowest BCUT2D eigenvalue weighted by molar-refractivity contribution is -0.132. The summed E-state index contributed by atoms with van der Waals surface area (Å²) in [7, 11) is 0. The largest absolute Gasteiger partial charge is 0.442 e. The highest BCUT2D eigenvalue weighted by atomic mass is 19.3. The summed E-state index contributed by atoms with van der Waals surface area (Å²) >= 11 is 0. The molecule has 4 rings (SSSR count). The number of halogens is 4. The van der Waals surface area contributed by atoms with E-state index in [4.69, 9.17) is 9.57 Å².